The lowest BCUT2D eigenvalue weighted by atomic mass is 9.79. The van der Waals surface area contributed by atoms with E-state index in [0.29, 0.717) is 5.41 Å². The van der Waals surface area contributed by atoms with Gasteiger partial charge in [0.1, 0.15) is 0 Å². The van der Waals surface area contributed by atoms with Crippen LogP contribution in [0.1, 0.15) is 45.6 Å². The van der Waals surface area contributed by atoms with Crippen LogP contribution in [0.25, 0.3) is 0 Å². The van der Waals surface area contributed by atoms with Gasteiger partial charge in [-0.05, 0) is 33.1 Å². The molecule has 0 aromatic heterocycles. The van der Waals surface area contributed by atoms with Gasteiger partial charge in [0.2, 0.25) is 0 Å². The molecule has 0 unspecified atom stereocenters. The Hall–Kier alpha value is -0.170. The van der Waals surface area contributed by atoms with Gasteiger partial charge in [-0.15, -0.1) is 41.2 Å². The number of aryl methyl sites for hydroxylation is 1. The van der Waals surface area contributed by atoms with Gasteiger partial charge in [-0.3, -0.25) is 0 Å². The minimum atomic E-state index is 0.427. The second kappa shape index (κ2) is 8.62. The Morgan fingerprint density at radius 3 is 1.68 bits per heavy atom. The van der Waals surface area contributed by atoms with Crippen molar-refractivity contribution in [3.8, 4) is 11.8 Å². The molecule has 22 heavy (non-hydrogen) atoms. The highest BCUT2D eigenvalue weighted by molar-refractivity contribution is 8.33. The minimum Gasteiger partial charge on any atom is -0.133 e. The summed E-state index contributed by atoms with van der Waals surface area (Å²) >= 11 is 6.57. The molecule has 120 valence electrons. The van der Waals surface area contributed by atoms with Gasteiger partial charge in [-0.25, -0.2) is 0 Å². The van der Waals surface area contributed by atoms with Crippen molar-refractivity contribution in [1.82, 2.24) is 0 Å². The van der Waals surface area contributed by atoms with Gasteiger partial charge in [0.15, 0.2) is 0 Å². The van der Waals surface area contributed by atoms with Crippen LogP contribution in [0.2, 0.25) is 0 Å². The first kappa shape index (κ1) is 18.2. The van der Waals surface area contributed by atoms with Crippen molar-refractivity contribution in [3.63, 3.8) is 0 Å². The fourth-order valence-corrected chi connectivity index (χ4v) is 10.4. The number of hydrogen-bond acceptors (Lipinski definition) is 3. The summed E-state index contributed by atoms with van der Waals surface area (Å²) in [5.74, 6) is 6.65. The number of hydrogen-bond donors (Lipinski definition) is 0. The Morgan fingerprint density at radius 2 is 1.36 bits per heavy atom. The van der Waals surface area contributed by atoms with Gasteiger partial charge in [0.25, 0.3) is 0 Å². The van der Waals surface area contributed by atoms with Crippen LogP contribution < -0.4 is 0 Å². The lowest BCUT2D eigenvalue weighted by Gasteiger charge is -2.53. The van der Waals surface area contributed by atoms with Crippen LogP contribution in [0.3, 0.4) is 0 Å². The second-order valence-electron chi connectivity index (χ2n) is 5.62. The molecule has 4 aliphatic heterocycles. The van der Waals surface area contributed by atoms with Crippen molar-refractivity contribution < 1.29 is 0 Å². The van der Waals surface area contributed by atoms with E-state index in [1.165, 1.54) is 24.8 Å². The number of rotatable bonds is 0. The van der Waals surface area contributed by atoms with Crippen LogP contribution in [0, 0.1) is 24.2 Å². The predicted molar refractivity (Wildman–Crippen MR) is 106 cm³/mol. The van der Waals surface area contributed by atoms with Crippen LogP contribution in [-0.4, -0.2) is 13.7 Å². The Kier molecular flexibility index (Phi) is 7.12. The summed E-state index contributed by atoms with van der Waals surface area (Å²) in [6.45, 7) is 8.08. The molecule has 0 saturated carbocycles. The first-order valence-electron chi connectivity index (χ1n) is 8.11. The van der Waals surface area contributed by atoms with Crippen LogP contribution in [0.4, 0.5) is 0 Å². The number of benzene rings is 1. The molecular formula is C19H26S3. The fourth-order valence-electron chi connectivity index (χ4n) is 3.05. The maximum atomic E-state index is 3.50. The quantitative estimate of drug-likeness (QED) is 0.496. The summed E-state index contributed by atoms with van der Waals surface area (Å²) in [5, 5.41) is 0. The van der Waals surface area contributed by atoms with E-state index in [4.69, 9.17) is 0 Å². The molecular weight excluding hydrogens is 324 g/mol. The van der Waals surface area contributed by atoms with Gasteiger partial charge in [0, 0.05) is 5.41 Å². The maximum Gasteiger partial charge on any atom is 0.0539 e. The summed E-state index contributed by atoms with van der Waals surface area (Å²) in [6, 6.07) is 10.3. The fraction of sp³-hybridized carbons (Fsp3) is 0.579. The molecule has 5 rings (SSSR count). The Morgan fingerprint density at radius 1 is 0.909 bits per heavy atom. The van der Waals surface area contributed by atoms with Crippen molar-refractivity contribution in [2.45, 2.75) is 60.7 Å². The first-order valence-corrected chi connectivity index (χ1v) is 10.9. The molecule has 3 heteroatoms. The van der Waals surface area contributed by atoms with Gasteiger partial charge < -0.3 is 0 Å². The monoisotopic (exact) mass is 350 g/mol. The van der Waals surface area contributed by atoms with E-state index in [2.05, 4.69) is 66.2 Å². The van der Waals surface area contributed by atoms with Crippen molar-refractivity contribution in [2.75, 3.05) is 0 Å². The lowest BCUT2D eigenvalue weighted by Crippen LogP contribution is -2.43. The van der Waals surface area contributed by atoms with E-state index in [-0.39, 0.29) is 0 Å². The minimum absolute atomic E-state index is 0.427. The van der Waals surface area contributed by atoms with Gasteiger partial charge >= 0.3 is 0 Å². The third-order valence-corrected chi connectivity index (χ3v) is 8.73. The molecule has 0 amide bonds. The van der Waals surface area contributed by atoms with Gasteiger partial charge in [-0.2, -0.15) is 0 Å². The SMILES string of the molecule is CC.CC#CC12CC3SC(C1)SC(C2)S3.Cc1ccccc1. The van der Waals surface area contributed by atoms with E-state index in [9.17, 15) is 0 Å². The summed E-state index contributed by atoms with van der Waals surface area (Å²) in [4.78, 5) is 0. The highest BCUT2D eigenvalue weighted by Crippen LogP contribution is 2.66. The van der Waals surface area contributed by atoms with Crippen molar-refractivity contribution in [1.29, 1.82) is 0 Å². The van der Waals surface area contributed by atoms with Gasteiger partial charge in [0.05, 0.1) is 13.7 Å². The molecule has 1 aromatic carbocycles. The van der Waals surface area contributed by atoms with Gasteiger partial charge in [-0.1, -0.05) is 55.7 Å². The average Bonchev–Trinajstić information content (AvgIpc) is 2.49. The largest absolute Gasteiger partial charge is 0.133 e. The third-order valence-electron chi connectivity index (χ3n) is 3.91. The smallest absolute Gasteiger partial charge is 0.0539 e. The summed E-state index contributed by atoms with van der Waals surface area (Å²) < 4.78 is 2.58. The molecule has 4 aliphatic rings. The average molecular weight is 351 g/mol. The zero-order valence-electron chi connectivity index (χ0n) is 14.0. The summed E-state index contributed by atoms with van der Waals surface area (Å²) in [6.07, 6.45) is 4.03. The predicted octanol–water partition coefficient (Wildman–Crippen LogP) is 6.41. The molecule has 4 saturated heterocycles. The first-order chi connectivity index (χ1) is 10.7. The zero-order valence-corrected chi connectivity index (χ0v) is 16.4. The van der Waals surface area contributed by atoms with Crippen LogP contribution in [0.15, 0.2) is 30.3 Å². The van der Waals surface area contributed by atoms with Crippen LogP contribution in [-0.2, 0) is 0 Å². The van der Waals surface area contributed by atoms with Crippen LogP contribution >= 0.6 is 35.3 Å². The Balaban J connectivity index is 0.000000167. The molecule has 1 aromatic rings. The summed E-state index contributed by atoms with van der Waals surface area (Å²) in [7, 11) is 0. The molecule has 0 nitrogen and oxygen atoms in total. The second-order valence-corrected chi connectivity index (χ2v) is 10.7. The topological polar surface area (TPSA) is 0 Å². The zero-order chi connectivity index (χ0) is 16.0. The number of thioether (sulfide) groups is 3. The standard InChI is InChI=1S/C10H12S3.C7H8.C2H6/c1-2-3-10-4-7-11-8(5-10)13-9(6-10)12-7;1-7-5-3-2-4-6-7;1-2/h7-9H,4-6H2,1H3;2-6H,1H3;1-2H3. The molecule has 4 heterocycles. The molecule has 0 radical (unpaired) electrons. The molecule has 0 aliphatic carbocycles. The molecule has 0 atom stereocenters. The molecule has 0 N–H and O–H groups in total. The van der Waals surface area contributed by atoms with E-state index in [1.807, 2.05) is 39.0 Å². The van der Waals surface area contributed by atoms with E-state index in [1.54, 1.807) is 0 Å². The maximum absolute atomic E-state index is 3.50. The van der Waals surface area contributed by atoms with Crippen molar-refractivity contribution >= 4 is 35.3 Å². The van der Waals surface area contributed by atoms with E-state index < -0.39 is 0 Å². The lowest BCUT2D eigenvalue weighted by molar-refractivity contribution is 0.322. The Labute approximate surface area is 149 Å². The molecule has 4 fully saturated rings. The molecule has 4 bridgehead atoms. The Bertz CT molecular complexity index is 477. The third kappa shape index (κ3) is 4.66. The van der Waals surface area contributed by atoms with Crippen molar-refractivity contribution in [3.05, 3.63) is 35.9 Å². The van der Waals surface area contributed by atoms with Crippen LogP contribution in [0.5, 0.6) is 0 Å². The molecule has 0 spiro atoms. The normalized spacial score (nSPS) is 33.5. The summed E-state index contributed by atoms with van der Waals surface area (Å²) in [5.41, 5.74) is 1.75. The highest BCUT2D eigenvalue weighted by Gasteiger charge is 2.51. The highest BCUT2D eigenvalue weighted by atomic mass is 32.3. The van der Waals surface area contributed by atoms with Crippen molar-refractivity contribution in [2.24, 2.45) is 5.41 Å². The van der Waals surface area contributed by atoms with E-state index in [0.717, 1.165) is 13.7 Å². The van der Waals surface area contributed by atoms with E-state index >= 15 is 0 Å².